The smallest absolute Gasteiger partial charge is 0.312 e. The lowest BCUT2D eigenvalue weighted by atomic mass is 9.84. The van der Waals surface area contributed by atoms with Crippen LogP contribution in [0.25, 0.3) is 6.08 Å². The van der Waals surface area contributed by atoms with Gasteiger partial charge in [0.1, 0.15) is 17.1 Å². The number of hydrogen-bond donors (Lipinski definition) is 2. The highest BCUT2D eigenvalue weighted by Crippen LogP contribution is 2.48. The van der Waals surface area contributed by atoms with Crippen LogP contribution in [0.3, 0.4) is 0 Å². The summed E-state index contributed by atoms with van der Waals surface area (Å²) >= 11 is 0. The summed E-state index contributed by atoms with van der Waals surface area (Å²) in [5.74, 6) is -2.28. The van der Waals surface area contributed by atoms with Crippen LogP contribution in [0, 0.1) is 0 Å². The van der Waals surface area contributed by atoms with Gasteiger partial charge in [-0.25, -0.2) is 0 Å². The zero-order chi connectivity index (χ0) is 20.4. The van der Waals surface area contributed by atoms with E-state index in [1.165, 1.54) is 6.08 Å². The summed E-state index contributed by atoms with van der Waals surface area (Å²) in [6, 6.07) is 19.6. The lowest BCUT2D eigenvalue weighted by Crippen LogP contribution is -2.23. The van der Waals surface area contributed by atoms with Gasteiger partial charge in [-0.3, -0.25) is 9.59 Å². The summed E-state index contributed by atoms with van der Waals surface area (Å²) < 4.78 is 5.34. The predicted molar refractivity (Wildman–Crippen MR) is 108 cm³/mol. The van der Waals surface area contributed by atoms with Crippen LogP contribution in [0.2, 0.25) is 0 Å². The fourth-order valence-corrected chi connectivity index (χ4v) is 3.54. The van der Waals surface area contributed by atoms with E-state index in [1.807, 2.05) is 60.7 Å². The maximum absolute atomic E-state index is 12.9. The van der Waals surface area contributed by atoms with Gasteiger partial charge in [0, 0.05) is 17.5 Å². The molecule has 29 heavy (non-hydrogen) atoms. The van der Waals surface area contributed by atoms with Crippen LogP contribution < -0.4 is 4.74 Å². The number of carbonyl (C=O) groups is 2. The molecule has 1 aliphatic rings. The average Bonchev–Trinajstić information content (AvgIpc) is 2.72. The zero-order valence-corrected chi connectivity index (χ0v) is 15.4. The summed E-state index contributed by atoms with van der Waals surface area (Å²) in [5, 5.41) is 20.8. The van der Waals surface area contributed by atoms with Gasteiger partial charge in [0.05, 0.1) is 6.42 Å². The summed E-state index contributed by atoms with van der Waals surface area (Å²) in [5.41, 5.74) is 1.81. The number of allylic oxidation sites excluding steroid dienone is 1. The molecular weight excluding hydrogens is 368 g/mol. The predicted octanol–water partition coefficient (Wildman–Crippen LogP) is 4.43. The van der Waals surface area contributed by atoms with Crippen LogP contribution in [0.5, 0.6) is 17.2 Å². The van der Waals surface area contributed by atoms with E-state index in [9.17, 15) is 19.8 Å². The van der Waals surface area contributed by atoms with E-state index in [4.69, 9.17) is 4.74 Å². The second kappa shape index (κ2) is 7.64. The highest BCUT2D eigenvalue weighted by molar-refractivity contribution is 6.11. The van der Waals surface area contributed by atoms with Crippen LogP contribution in [-0.2, 0) is 4.79 Å². The second-order valence-electron chi connectivity index (χ2n) is 6.78. The van der Waals surface area contributed by atoms with Crippen molar-refractivity contribution in [2.45, 2.75) is 12.3 Å². The minimum atomic E-state index is -0.530. The van der Waals surface area contributed by atoms with Crippen molar-refractivity contribution in [1.29, 1.82) is 0 Å². The molecule has 1 atom stereocenters. The van der Waals surface area contributed by atoms with Crippen LogP contribution in [-0.4, -0.2) is 22.0 Å². The third-order valence-corrected chi connectivity index (χ3v) is 4.89. The van der Waals surface area contributed by atoms with Crippen molar-refractivity contribution in [3.63, 3.8) is 0 Å². The minimum Gasteiger partial charge on any atom is -0.507 e. The molecule has 5 nitrogen and oxygen atoms in total. The zero-order valence-electron chi connectivity index (χ0n) is 15.4. The van der Waals surface area contributed by atoms with Crippen LogP contribution in [0.4, 0.5) is 0 Å². The van der Waals surface area contributed by atoms with Crippen molar-refractivity contribution in [3.8, 4) is 17.2 Å². The van der Waals surface area contributed by atoms with Gasteiger partial charge in [0.2, 0.25) is 0 Å². The summed E-state index contributed by atoms with van der Waals surface area (Å²) in [6.07, 6.45) is 2.95. The number of esters is 1. The number of ether oxygens (including phenoxy) is 1. The van der Waals surface area contributed by atoms with Gasteiger partial charge in [-0.1, -0.05) is 66.7 Å². The van der Waals surface area contributed by atoms with Crippen molar-refractivity contribution in [1.82, 2.24) is 0 Å². The van der Waals surface area contributed by atoms with E-state index < -0.39 is 23.4 Å². The van der Waals surface area contributed by atoms with Gasteiger partial charge in [-0.15, -0.1) is 0 Å². The van der Waals surface area contributed by atoms with Gasteiger partial charge >= 0.3 is 5.97 Å². The van der Waals surface area contributed by atoms with E-state index in [1.54, 1.807) is 6.08 Å². The van der Waals surface area contributed by atoms with E-state index >= 15 is 0 Å². The Labute approximate surface area is 167 Å². The maximum Gasteiger partial charge on any atom is 0.312 e. The standard InChI is InChI=1S/C24H18O5/c25-18(12-11-15-7-3-1-4-8-15)23-20(27)14-19(26)22-17(13-21(28)29-24(22)23)16-9-5-2-6-10-16/h1-12,14,17,26-27H,13H2/b12-11+. The number of ketones is 1. The largest absolute Gasteiger partial charge is 0.507 e. The Morgan fingerprint density at radius 2 is 1.62 bits per heavy atom. The molecule has 0 fully saturated rings. The molecule has 2 N–H and O–H groups in total. The molecule has 1 aliphatic heterocycles. The van der Waals surface area contributed by atoms with Gasteiger partial charge < -0.3 is 14.9 Å². The average molecular weight is 386 g/mol. The van der Waals surface area contributed by atoms with E-state index in [-0.39, 0.29) is 23.5 Å². The fraction of sp³-hybridized carbons (Fsp3) is 0.0833. The Hall–Kier alpha value is -3.86. The Balaban J connectivity index is 1.81. The van der Waals surface area contributed by atoms with Gasteiger partial charge in [0.15, 0.2) is 11.5 Å². The van der Waals surface area contributed by atoms with Crippen molar-refractivity contribution in [3.05, 3.63) is 95.1 Å². The normalized spacial score (nSPS) is 15.7. The number of hydrogen-bond acceptors (Lipinski definition) is 5. The number of carbonyl (C=O) groups excluding carboxylic acids is 2. The molecule has 5 heteroatoms. The summed E-state index contributed by atoms with van der Waals surface area (Å²) in [6.45, 7) is 0. The Kier molecular flexibility index (Phi) is 4.87. The first-order valence-corrected chi connectivity index (χ1v) is 9.16. The molecule has 0 aromatic heterocycles. The maximum atomic E-state index is 12.9. The van der Waals surface area contributed by atoms with Crippen molar-refractivity contribution >= 4 is 17.8 Å². The quantitative estimate of drug-likeness (QED) is 0.300. The molecule has 0 saturated carbocycles. The van der Waals surface area contributed by atoms with Gasteiger partial charge in [-0.05, 0) is 17.2 Å². The molecule has 0 aliphatic carbocycles. The van der Waals surface area contributed by atoms with Crippen molar-refractivity contribution < 1.29 is 24.5 Å². The van der Waals surface area contributed by atoms with E-state index in [2.05, 4.69) is 0 Å². The molecule has 0 saturated heterocycles. The lowest BCUT2D eigenvalue weighted by Gasteiger charge is -2.27. The second-order valence-corrected chi connectivity index (χ2v) is 6.78. The number of aromatic hydroxyl groups is 2. The highest BCUT2D eigenvalue weighted by atomic mass is 16.5. The molecule has 3 aromatic carbocycles. The first-order chi connectivity index (χ1) is 14.0. The molecule has 0 radical (unpaired) electrons. The van der Waals surface area contributed by atoms with Crippen LogP contribution in [0.15, 0.2) is 72.8 Å². The van der Waals surface area contributed by atoms with Crippen molar-refractivity contribution in [2.24, 2.45) is 0 Å². The first kappa shape index (κ1) is 18.5. The lowest BCUT2D eigenvalue weighted by molar-refractivity contribution is -0.135. The molecule has 4 rings (SSSR count). The fourth-order valence-electron chi connectivity index (χ4n) is 3.54. The summed E-state index contributed by atoms with van der Waals surface area (Å²) in [7, 11) is 0. The summed E-state index contributed by atoms with van der Waals surface area (Å²) in [4.78, 5) is 25.1. The Morgan fingerprint density at radius 3 is 2.31 bits per heavy atom. The first-order valence-electron chi connectivity index (χ1n) is 9.16. The van der Waals surface area contributed by atoms with E-state index in [0.29, 0.717) is 5.56 Å². The van der Waals surface area contributed by atoms with Gasteiger partial charge in [-0.2, -0.15) is 0 Å². The molecule has 1 heterocycles. The van der Waals surface area contributed by atoms with Crippen LogP contribution in [0.1, 0.15) is 39.4 Å². The number of benzene rings is 3. The number of fused-ring (bicyclic) bond motifs is 1. The number of phenolic OH excluding ortho intramolecular Hbond substituents is 2. The monoisotopic (exact) mass is 386 g/mol. The SMILES string of the molecule is O=C1CC(c2ccccc2)c2c(O)cc(O)c(C(=O)/C=C/c3ccccc3)c2O1. The molecule has 0 spiro atoms. The Morgan fingerprint density at radius 1 is 0.966 bits per heavy atom. The minimum absolute atomic E-state index is 0.0306. The third kappa shape index (κ3) is 3.62. The molecular formula is C24H18O5. The molecule has 0 bridgehead atoms. The topological polar surface area (TPSA) is 83.8 Å². The van der Waals surface area contributed by atoms with Gasteiger partial charge in [0.25, 0.3) is 0 Å². The van der Waals surface area contributed by atoms with E-state index in [0.717, 1.165) is 17.2 Å². The van der Waals surface area contributed by atoms with Crippen LogP contribution >= 0.6 is 0 Å². The molecule has 0 amide bonds. The van der Waals surface area contributed by atoms with Crippen molar-refractivity contribution in [2.75, 3.05) is 0 Å². The Bertz CT molecular complexity index is 1100. The molecule has 1 unspecified atom stereocenters. The molecule has 3 aromatic rings. The highest BCUT2D eigenvalue weighted by Gasteiger charge is 2.35. The third-order valence-electron chi connectivity index (χ3n) is 4.89. The number of rotatable bonds is 4. The molecule has 144 valence electrons. The number of phenols is 2.